The Balaban J connectivity index is 2.89. The Bertz CT molecular complexity index is 310. The molecular weight excluding hydrogens is 216 g/mol. The van der Waals surface area contributed by atoms with Crippen molar-refractivity contribution in [3.8, 4) is 0 Å². The van der Waals surface area contributed by atoms with Gasteiger partial charge in [-0.1, -0.05) is 31.5 Å². The Labute approximate surface area is 94.5 Å². The van der Waals surface area contributed by atoms with Crippen LogP contribution in [-0.4, -0.2) is 10.4 Å². The fourth-order valence-corrected chi connectivity index (χ4v) is 2.47. The van der Waals surface area contributed by atoms with Gasteiger partial charge in [0, 0.05) is 15.2 Å². The summed E-state index contributed by atoms with van der Waals surface area (Å²) in [5.74, 6) is 0. The predicted molar refractivity (Wildman–Crippen MR) is 63.1 cm³/mol. The van der Waals surface area contributed by atoms with Crippen LogP contribution in [0.3, 0.4) is 0 Å². The number of benzene rings is 1. The Morgan fingerprint density at radius 2 is 1.93 bits per heavy atom. The van der Waals surface area contributed by atoms with E-state index in [9.17, 15) is 5.11 Å². The number of aliphatic hydroxyl groups is 1. The summed E-state index contributed by atoms with van der Waals surface area (Å²) in [4.78, 5) is 1.15. The highest BCUT2D eigenvalue weighted by molar-refractivity contribution is 7.99. The summed E-state index contributed by atoms with van der Waals surface area (Å²) in [7, 11) is 0. The lowest BCUT2D eigenvalue weighted by molar-refractivity contribution is 0.199. The summed E-state index contributed by atoms with van der Waals surface area (Å²) in [6.45, 7) is 6.00. The van der Waals surface area contributed by atoms with Gasteiger partial charge in [0.15, 0.2) is 0 Å². The molecule has 1 unspecified atom stereocenters. The Morgan fingerprint density at radius 3 is 2.36 bits per heavy atom. The van der Waals surface area contributed by atoms with Crippen LogP contribution in [-0.2, 0) is 0 Å². The van der Waals surface area contributed by atoms with Crippen LogP contribution < -0.4 is 0 Å². The molecule has 1 rings (SSSR count). The van der Waals surface area contributed by atoms with Crippen molar-refractivity contribution >= 4 is 23.4 Å². The Kier molecular flexibility index (Phi) is 4.30. The Hall–Kier alpha value is -0.180. The summed E-state index contributed by atoms with van der Waals surface area (Å²) in [6.07, 6.45) is -0.499. The molecule has 0 heterocycles. The molecule has 0 fully saturated rings. The molecule has 78 valence electrons. The van der Waals surface area contributed by atoms with Crippen LogP contribution in [0.5, 0.6) is 0 Å². The van der Waals surface area contributed by atoms with E-state index in [1.165, 1.54) is 0 Å². The maximum Gasteiger partial charge on any atom is 0.0776 e. The maximum atomic E-state index is 9.39. The second-order valence-corrected chi connectivity index (χ2v) is 5.58. The molecule has 0 spiro atoms. The summed E-state index contributed by atoms with van der Waals surface area (Å²) in [5, 5.41) is 10.6. The fraction of sp³-hybridized carbons (Fsp3) is 0.455. The van der Waals surface area contributed by atoms with E-state index >= 15 is 0 Å². The summed E-state index contributed by atoms with van der Waals surface area (Å²) in [6, 6.07) is 5.80. The van der Waals surface area contributed by atoms with Crippen LogP contribution in [0.2, 0.25) is 5.02 Å². The minimum Gasteiger partial charge on any atom is -0.389 e. The molecule has 0 radical (unpaired) electrons. The first-order valence-electron chi connectivity index (χ1n) is 4.65. The molecule has 0 aliphatic carbocycles. The zero-order valence-corrected chi connectivity index (χ0v) is 10.2. The molecule has 3 heteroatoms. The number of hydrogen-bond acceptors (Lipinski definition) is 2. The van der Waals surface area contributed by atoms with Gasteiger partial charge in [0.05, 0.1) is 6.10 Å². The SMILES string of the molecule is CC(C)Sc1ccc(C(C)O)c(Cl)c1. The standard InChI is InChI=1S/C11H15ClOS/c1-7(2)14-9-4-5-10(8(3)13)11(12)6-9/h4-8,13H,1-3H3. The first-order chi connectivity index (χ1) is 6.50. The number of aliphatic hydroxyl groups excluding tert-OH is 1. The minimum atomic E-state index is -0.499. The van der Waals surface area contributed by atoms with Gasteiger partial charge >= 0.3 is 0 Å². The average Bonchev–Trinajstić information content (AvgIpc) is 2.01. The molecule has 0 saturated heterocycles. The van der Waals surface area contributed by atoms with E-state index in [0.717, 1.165) is 10.5 Å². The molecule has 1 N–H and O–H groups in total. The van der Waals surface area contributed by atoms with Gasteiger partial charge in [-0.25, -0.2) is 0 Å². The molecule has 14 heavy (non-hydrogen) atoms. The molecule has 1 nitrogen and oxygen atoms in total. The van der Waals surface area contributed by atoms with E-state index in [1.807, 2.05) is 18.2 Å². The number of thioether (sulfide) groups is 1. The van der Waals surface area contributed by atoms with Gasteiger partial charge < -0.3 is 5.11 Å². The third-order valence-corrected chi connectivity index (χ3v) is 3.12. The van der Waals surface area contributed by atoms with Crippen LogP contribution in [0.1, 0.15) is 32.4 Å². The summed E-state index contributed by atoms with van der Waals surface area (Å²) >= 11 is 7.80. The van der Waals surface area contributed by atoms with Gasteiger partial charge in [-0.15, -0.1) is 11.8 Å². The Morgan fingerprint density at radius 1 is 1.29 bits per heavy atom. The van der Waals surface area contributed by atoms with E-state index in [0.29, 0.717) is 10.3 Å². The second kappa shape index (κ2) is 5.06. The van der Waals surface area contributed by atoms with Gasteiger partial charge in [0.2, 0.25) is 0 Å². The van der Waals surface area contributed by atoms with Crippen LogP contribution in [0, 0.1) is 0 Å². The van der Waals surface area contributed by atoms with Crippen molar-refractivity contribution in [3.63, 3.8) is 0 Å². The van der Waals surface area contributed by atoms with Crippen LogP contribution in [0.15, 0.2) is 23.1 Å². The van der Waals surface area contributed by atoms with E-state index in [4.69, 9.17) is 11.6 Å². The average molecular weight is 231 g/mol. The van der Waals surface area contributed by atoms with Gasteiger partial charge in [-0.2, -0.15) is 0 Å². The molecule has 0 amide bonds. The third-order valence-electron chi connectivity index (χ3n) is 1.79. The molecule has 1 atom stereocenters. The maximum absolute atomic E-state index is 9.39. The molecule has 0 bridgehead atoms. The van der Waals surface area contributed by atoms with E-state index in [-0.39, 0.29) is 0 Å². The minimum absolute atomic E-state index is 0.499. The zero-order valence-electron chi connectivity index (χ0n) is 8.62. The zero-order chi connectivity index (χ0) is 10.7. The number of hydrogen-bond donors (Lipinski definition) is 1. The van der Waals surface area contributed by atoms with Crippen molar-refractivity contribution in [2.45, 2.75) is 37.0 Å². The smallest absolute Gasteiger partial charge is 0.0776 e. The molecule has 0 aromatic heterocycles. The molecule has 1 aromatic rings. The van der Waals surface area contributed by atoms with Crippen molar-refractivity contribution in [2.75, 3.05) is 0 Å². The van der Waals surface area contributed by atoms with Gasteiger partial charge in [0.1, 0.15) is 0 Å². The van der Waals surface area contributed by atoms with Crippen molar-refractivity contribution < 1.29 is 5.11 Å². The number of rotatable bonds is 3. The monoisotopic (exact) mass is 230 g/mol. The summed E-state index contributed by atoms with van der Waals surface area (Å²) < 4.78 is 0. The highest BCUT2D eigenvalue weighted by Gasteiger charge is 2.07. The van der Waals surface area contributed by atoms with E-state index in [1.54, 1.807) is 18.7 Å². The lowest BCUT2D eigenvalue weighted by Gasteiger charge is -2.10. The normalized spacial score (nSPS) is 13.3. The molecule has 1 aromatic carbocycles. The molecule has 0 saturated carbocycles. The highest BCUT2D eigenvalue weighted by Crippen LogP contribution is 2.30. The fourth-order valence-electron chi connectivity index (χ4n) is 1.19. The highest BCUT2D eigenvalue weighted by atomic mass is 35.5. The van der Waals surface area contributed by atoms with Crippen LogP contribution in [0.4, 0.5) is 0 Å². The van der Waals surface area contributed by atoms with Crippen molar-refractivity contribution in [2.24, 2.45) is 0 Å². The molecular formula is C11H15ClOS. The van der Waals surface area contributed by atoms with E-state index < -0.39 is 6.10 Å². The van der Waals surface area contributed by atoms with Gasteiger partial charge in [0.25, 0.3) is 0 Å². The lowest BCUT2D eigenvalue weighted by atomic mass is 10.1. The van der Waals surface area contributed by atoms with E-state index in [2.05, 4.69) is 13.8 Å². The quantitative estimate of drug-likeness (QED) is 0.795. The lowest BCUT2D eigenvalue weighted by Crippen LogP contribution is -1.93. The molecule has 0 aliphatic heterocycles. The second-order valence-electron chi connectivity index (χ2n) is 3.53. The topological polar surface area (TPSA) is 20.2 Å². The first-order valence-corrected chi connectivity index (χ1v) is 5.90. The van der Waals surface area contributed by atoms with Gasteiger partial charge in [-0.05, 0) is 24.6 Å². The third kappa shape index (κ3) is 3.19. The number of halogens is 1. The first kappa shape index (κ1) is 11.9. The van der Waals surface area contributed by atoms with Crippen LogP contribution in [0.25, 0.3) is 0 Å². The largest absolute Gasteiger partial charge is 0.389 e. The van der Waals surface area contributed by atoms with Crippen molar-refractivity contribution in [3.05, 3.63) is 28.8 Å². The molecule has 0 aliphatic rings. The van der Waals surface area contributed by atoms with Crippen LogP contribution >= 0.6 is 23.4 Å². The van der Waals surface area contributed by atoms with Crippen molar-refractivity contribution in [1.82, 2.24) is 0 Å². The summed E-state index contributed by atoms with van der Waals surface area (Å²) in [5.41, 5.74) is 0.791. The van der Waals surface area contributed by atoms with Gasteiger partial charge in [-0.3, -0.25) is 0 Å². The predicted octanol–water partition coefficient (Wildman–Crippen LogP) is 3.89. The van der Waals surface area contributed by atoms with Crippen molar-refractivity contribution in [1.29, 1.82) is 0 Å².